The van der Waals surface area contributed by atoms with Gasteiger partial charge in [0.15, 0.2) is 0 Å². The molecule has 0 aliphatic carbocycles. The fourth-order valence-electron chi connectivity index (χ4n) is 2.71. The second-order valence-electron chi connectivity index (χ2n) is 6.24. The highest BCUT2D eigenvalue weighted by Gasteiger charge is 2.11. The van der Waals surface area contributed by atoms with Crippen molar-refractivity contribution >= 4 is 12.0 Å². The van der Waals surface area contributed by atoms with Crippen LogP contribution in [0.1, 0.15) is 36.1 Å². The van der Waals surface area contributed by atoms with E-state index in [9.17, 15) is 4.79 Å². The number of aryl methyl sites for hydroxylation is 1. The predicted octanol–water partition coefficient (Wildman–Crippen LogP) is 5.59. The van der Waals surface area contributed by atoms with Crippen LogP contribution in [0.15, 0.2) is 60.2 Å². The lowest BCUT2D eigenvalue weighted by molar-refractivity contribution is -0.131. The van der Waals surface area contributed by atoms with Gasteiger partial charge in [-0.3, -0.25) is 0 Å². The SMILES string of the molecule is C=CCc1c(OC)cc(C)c(C=CC(C)=CC=CC(C)=CC(=O)O)c1C. The Balaban J connectivity index is 3.08. The first-order valence-corrected chi connectivity index (χ1v) is 8.52. The van der Waals surface area contributed by atoms with Crippen molar-refractivity contribution in [1.29, 1.82) is 0 Å². The Morgan fingerprint density at radius 2 is 1.92 bits per heavy atom. The second kappa shape index (κ2) is 10.2. The summed E-state index contributed by atoms with van der Waals surface area (Å²) in [4.78, 5) is 10.6. The molecule has 0 bridgehead atoms. The van der Waals surface area contributed by atoms with Gasteiger partial charge in [-0.25, -0.2) is 4.79 Å². The Labute approximate surface area is 156 Å². The zero-order valence-electron chi connectivity index (χ0n) is 16.3. The third-order valence-corrected chi connectivity index (χ3v) is 4.08. The van der Waals surface area contributed by atoms with E-state index in [1.54, 1.807) is 20.1 Å². The van der Waals surface area contributed by atoms with E-state index >= 15 is 0 Å². The van der Waals surface area contributed by atoms with Gasteiger partial charge in [-0.2, -0.15) is 0 Å². The Morgan fingerprint density at radius 3 is 2.50 bits per heavy atom. The number of aliphatic carboxylic acids is 1. The van der Waals surface area contributed by atoms with Crippen molar-refractivity contribution in [2.45, 2.75) is 34.1 Å². The Kier molecular flexibility index (Phi) is 8.36. The monoisotopic (exact) mass is 352 g/mol. The van der Waals surface area contributed by atoms with Crippen LogP contribution in [0, 0.1) is 13.8 Å². The average molecular weight is 352 g/mol. The third-order valence-electron chi connectivity index (χ3n) is 4.08. The summed E-state index contributed by atoms with van der Waals surface area (Å²) >= 11 is 0. The fourth-order valence-corrected chi connectivity index (χ4v) is 2.71. The molecule has 26 heavy (non-hydrogen) atoms. The van der Waals surface area contributed by atoms with Crippen molar-refractivity contribution < 1.29 is 14.6 Å². The van der Waals surface area contributed by atoms with Gasteiger partial charge < -0.3 is 9.84 Å². The van der Waals surface area contributed by atoms with Crippen LogP contribution >= 0.6 is 0 Å². The maximum absolute atomic E-state index is 10.6. The highest BCUT2D eigenvalue weighted by molar-refractivity contribution is 5.81. The quantitative estimate of drug-likeness (QED) is 0.377. The van der Waals surface area contributed by atoms with Crippen LogP contribution in [-0.2, 0) is 11.2 Å². The predicted molar refractivity (Wildman–Crippen MR) is 110 cm³/mol. The zero-order chi connectivity index (χ0) is 19.7. The number of hydrogen-bond donors (Lipinski definition) is 1. The van der Waals surface area contributed by atoms with Gasteiger partial charge in [0.1, 0.15) is 5.75 Å². The van der Waals surface area contributed by atoms with E-state index in [1.165, 1.54) is 17.2 Å². The van der Waals surface area contributed by atoms with Gasteiger partial charge in [0.25, 0.3) is 0 Å². The highest BCUT2D eigenvalue weighted by Crippen LogP contribution is 2.30. The van der Waals surface area contributed by atoms with Gasteiger partial charge in [0.2, 0.25) is 0 Å². The molecule has 0 unspecified atom stereocenters. The molecular formula is C23H28O3. The van der Waals surface area contributed by atoms with Gasteiger partial charge in [-0.05, 0) is 62.4 Å². The lowest BCUT2D eigenvalue weighted by Gasteiger charge is -2.15. The van der Waals surface area contributed by atoms with Crippen molar-refractivity contribution in [3.05, 3.63) is 82.5 Å². The minimum atomic E-state index is -0.937. The molecule has 0 saturated carbocycles. The summed E-state index contributed by atoms with van der Waals surface area (Å²) in [5.74, 6) is -0.0403. The molecule has 138 valence electrons. The van der Waals surface area contributed by atoms with Gasteiger partial charge in [0.05, 0.1) is 7.11 Å². The summed E-state index contributed by atoms with van der Waals surface area (Å²) in [5, 5.41) is 8.70. The molecule has 1 N–H and O–H groups in total. The molecule has 0 aliphatic heterocycles. The molecule has 0 radical (unpaired) electrons. The molecule has 3 heteroatoms. The minimum absolute atomic E-state index is 0.696. The standard InChI is InChI=1S/C23H28O3/c1-7-9-21-19(5)20(18(4)15-22(21)26-6)13-12-16(2)10-8-11-17(3)14-23(24)25/h7-8,10-15H,1,9H2,2-6H3,(H,24,25). The number of carboxylic acid groups (broad SMARTS) is 1. The minimum Gasteiger partial charge on any atom is -0.496 e. The number of allylic oxidation sites excluding steroid dienone is 7. The van der Waals surface area contributed by atoms with E-state index in [2.05, 4.69) is 38.6 Å². The summed E-state index contributed by atoms with van der Waals surface area (Å²) in [5.41, 5.74) is 6.46. The van der Waals surface area contributed by atoms with Gasteiger partial charge >= 0.3 is 5.97 Å². The molecular weight excluding hydrogens is 324 g/mol. The smallest absolute Gasteiger partial charge is 0.328 e. The number of benzene rings is 1. The normalized spacial score (nSPS) is 12.8. The molecule has 1 aromatic carbocycles. The molecule has 0 fully saturated rings. The molecule has 0 spiro atoms. The molecule has 1 rings (SSSR count). The first-order chi connectivity index (χ1) is 12.3. The first kappa shape index (κ1) is 21.2. The zero-order valence-corrected chi connectivity index (χ0v) is 16.3. The number of carbonyl (C=O) groups is 1. The lowest BCUT2D eigenvalue weighted by Crippen LogP contribution is -1.99. The van der Waals surface area contributed by atoms with Gasteiger partial charge in [-0.15, -0.1) is 6.58 Å². The number of methoxy groups -OCH3 is 1. The second-order valence-corrected chi connectivity index (χ2v) is 6.24. The van der Waals surface area contributed by atoms with Crippen molar-refractivity contribution in [3.8, 4) is 5.75 Å². The van der Waals surface area contributed by atoms with Gasteiger partial charge in [-0.1, -0.05) is 42.0 Å². The van der Waals surface area contributed by atoms with Crippen molar-refractivity contribution in [1.82, 2.24) is 0 Å². The summed E-state index contributed by atoms with van der Waals surface area (Å²) < 4.78 is 5.50. The number of rotatable bonds is 8. The fraction of sp³-hybridized carbons (Fsp3) is 0.261. The molecule has 0 aliphatic rings. The van der Waals surface area contributed by atoms with Crippen LogP contribution < -0.4 is 4.74 Å². The van der Waals surface area contributed by atoms with E-state index in [1.807, 2.05) is 25.2 Å². The van der Waals surface area contributed by atoms with E-state index in [0.717, 1.165) is 28.9 Å². The summed E-state index contributed by atoms with van der Waals surface area (Å²) in [6.45, 7) is 11.8. The average Bonchev–Trinajstić information content (AvgIpc) is 2.56. The molecule has 0 saturated heterocycles. The van der Waals surface area contributed by atoms with Crippen molar-refractivity contribution in [2.24, 2.45) is 0 Å². The maximum Gasteiger partial charge on any atom is 0.328 e. The maximum atomic E-state index is 10.6. The molecule has 0 heterocycles. The van der Waals surface area contributed by atoms with Crippen molar-refractivity contribution in [2.75, 3.05) is 7.11 Å². The topological polar surface area (TPSA) is 46.5 Å². The Bertz CT molecular complexity index is 790. The molecule has 0 amide bonds. The van der Waals surface area contributed by atoms with Crippen LogP contribution in [0.25, 0.3) is 6.08 Å². The largest absolute Gasteiger partial charge is 0.496 e. The number of carboxylic acids is 1. The highest BCUT2D eigenvalue weighted by atomic mass is 16.5. The van der Waals surface area contributed by atoms with Crippen LogP contribution in [0.2, 0.25) is 0 Å². The number of ether oxygens (including phenoxy) is 1. The Hall–Kier alpha value is -2.81. The van der Waals surface area contributed by atoms with Gasteiger partial charge in [0, 0.05) is 11.6 Å². The lowest BCUT2D eigenvalue weighted by atomic mass is 9.94. The summed E-state index contributed by atoms with van der Waals surface area (Å²) in [7, 11) is 1.69. The van der Waals surface area contributed by atoms with E-state index in [0.29, 0.717) is 5.57 Å². The van der Waals surface area contributed by atoms with E-state index in [-0.39, 0.29) is 0 Å². The molecule has 1 aromatic rings. The molecule has 0 aromatic heterocycles. The summed E-state index contributed by atoms with van der Waals surface area (Å²) in [6, 6.07) is 2.06. The van der Waals surface area contributed by atoms with Crippen LogP contribution in [0.3, 0.4) is 0 Å². The van der Waals surface area contributed by atoms with Crippen LogP contribution in [0.5, 0.6) is 5.75 Å². The van der Waals surface area contributed by atoms with E-state index in [4.69, 9.17) is 9.84 Å². The molecule has 0 atom stereocenters. The van der Waals surface area contributed by atoms with E-state index < -0.39 is 5.97 Å². The van der Waals surface area contributed by atoms with Crippen molar-refractivity contribution in [3.63, 3.8) is 0 Å². The van der Waals surface area contributed by atoms with Crippen LogP contribution in [-0.4, -0.2) is 18.2 Å². The Morgan fingerprint density at radius 1 is 1.23 bits per heavy atom. The third kappa shape index (κ3) is 6.25. The number of hydrogen-bond acceptors (Lipinski definition) is 2. The summed E-state index contributed by atoms with van der Waals surface area (Å²) in [6.07, 6.45) is 13.6. The van der Waals surface area contributed by atoms with Crippen LogP contribution in [0.4, 0.5) is 0 Å². The molecule has 3 nitrogen and oxygen atoms in total. The first-order valence-electron chi connectivity index (χ1n) is 8.52.